The molecule has 3 atom stereocenters. The molecular weight excluding hydrogens is 280 g/mol. The molecule has 1 rings (SSSR count). The van der Waals surface area contributed by atoms with E-state index in [0.717, 1.165) is 0 Å². The van der Waals surface area contributed by atoms with Gasteiger partial charge in [-0.25, -0.2) is 4.79 Å². The van der Waals surface area contributed by atoms with Crippen LogP contribution in [0.1, 0.15) is 20.3 Å². The number of hydrogen-bond acceptors (Lipinski definition) is 5. The van der Waals surface area contributed by atoms with E-state index in [9.17, 15) is 9.59 Å². The molecule has 1 amide bonds. The molecule has 3 unspecified atom stereocenters. The molecule has 6 nitrogen and oxygen atoms in total. The summed E-state index contributed by atoms with van der Waals surface area (Å²) in [6.07, 6.45) is 2.55. The van der Waals surface area contributed by atoms with E-state index in [2.05, 4.69) is 5.32 Å². The van der Waals surface area contributed by atoms with Crippen molar-refractivity contribution >= 4 is 23.6 Å². The van der Waals surface area contributed by atoms with E-state index in [4.69, 9.17) is 9.84 Å². The molecular formula is C13H24N2O4S. The number of thioether (sulfide) groups is 1. The molecule has 0 radical (unpaired) electrons. The number of hydrogen-bond donors (Lipinski definition) is 2. The Morgan fingerprint density at radius 2 is 2.00 bits per heavy atom. The molecule has 0 aliphatic carbocycles. The highest BCUT2D eigenvalue weighted by Gasteiger charge is 2.25. The second-order valence-corrected chi connectivity index (χ2v) is 6.18. The summed E-state index contributed by atoms with van der Waals surface area (Å²) in [5.41, 5.74) is 0. The number of carboxylic acids is 1. The van der Waals surface area contributed by atoms with Gasteiger partial charge < -0.3 is 15.2 Å². The third kappa shape index (κ3) is 6.11. The maximum atomic E-state index is 11.9. The zero-order chi connectivity index (χ0) is 15.1. The summed E-state index contributed by atoms with van der Waals surface area (Å²) >= 11 is 1.57. The van der Waals surface area contributed by atoms with Crippen molar-refractivity contribution in [3.05, 3.63) is 0 Å². The van der Waals surface area contributed by atoms with Crippen molar-refractivity contribution in [1.29, 1.82) is 0 Å². The van der Waals surface area contributed by atoms with Gasteiger partial charge in [-0.3, -0.25) is 9.69 Å². The van der Waals surface area contributed by atoms with E-state index in [0.29, 0.717) is 25.3 Å². The highest BCUT2D eigenvalue weighted by molar-refractivity contribution is 7.98. The number of carbonyl (C=O) groups is 2. The minimum absolute atomic E-state index is 0.0957. The lowest BCUT2D eigenvalue weighted by atomic mass is 10.2. The molecule has 1 aliphatic rings. The topological polar surface area (TPSA) is 78.9 Å². The van der Waals surface area contributed by atoms with Gasteiger partial charge in [0.2, 0.25) is 5.91 Å². The van der Waals surface area contributed by atoms with E-state index >= 15 is 0 Å². The van der Waals surface area contributed by atoms with Crippen LogP contribution in [-0.4, -0.2) is 71.8 Å². The van der Waals surface area contributed by atoms with Crippen LogP contribution in [0.3, 0.4) is 0 Å². The average molecular weight is 304 g/mol. The van der Waals surface area contributed by atoms with Crippen molar-refractivity contribution in [3.8, 4) is 0 Å². The van der Waals surface area contributed by atoms with Crippen LogP contribution in [0.15, 0.2) is 0 Å². The van der Waals surface area contributed by atoms with Gasteiger partial charge in [-0.15, -0.1) is 0 Å². The standard InChI is InChI=1S/C13H24N2O4S/c1-9-6-15(7-10(2)19-9)8-12(16)14-11(13(17)18)4-5-20-3/h9-11H,4-8H2,1-3H3,(H,14,16)(H,17,18). The summed E-state index contributed by atoms with van der Waals surface area (Å²) in [4.78, 5) is 25.0. The van der Waals surface area contributed by atoms with Crippen LogP contribution in [-0.2, 0) is 14.3 Å². The molecule has 1 saturated heterocycles. The minimum atomic E-state index is -0.976. The average Bonchev–Trinajstić information content (AvgIpc) is 2.32. The number of morpholine rings is 1. The lowest BCUT2D eigenvalue weighted by Gasteiger charge is -2.34. The predicted molar refractivity (Wildman–Crippen MR) is 79.0 cm³/mol. The number of rotatable bonds is 7. The number of amides is 1. The van der Waals surface area contributed by atoms with Gasteiger partial charge in [0.15, 0.2) is 0 Å². The molecule has 0 saturated carbocycles. The van der Waals surface area contributed by atoms with Crippen molar-refractivity contribution in [2.45, 2.75) is 38.5 Å². The molecule has 1 aliphatic heterocycles. The van der Waals surface area contributed by atoms with Crippen molar-refractivity contribution in [3.63, 3.8) is 0 Å². The van der Waals surface area contributed by atoms with Gasteiger partial charge in [0.25, 0.3) is 0 Å². The van der Waals surface area contributed by atoms with Gasteiger partial charge in [-0.05, 0) is 32.3 Å². The Morgan fingerprint density at radius 1 is 1.40 bits per heavy atom. The summed E-state index contributed by atoms with van der Waals surface area (Å²) in [5, 5.41) is 11.7. The van der Waals surface area contributed by atoms with Crippen molar-refractivity contribution in [2.75, 3.05) is 31.6 Å². The molecule has 116 valence electrons. The van der Waals surface area contributed by atoms with Crippen LogP contribution in [0.2, 0.25) is 0 Å². The first-order valence-electron chi connectivity index (χ1n) is 6.81. The number of nitrogens with one attached hydrogen (secondary N) is 1. The smallest absolute Gasteiger partial charge is 0.326 e. The first-order valence-corrected chi connectivity index (χ1v) is 8.20. The van der Waals surface area contributed by atoms with Crippen LogP contribution in [0.25, 0.3) is 0 Å². The van der Waals surface area contributed by atoms with E-state index in [1.54, 1.807) is 11.8 Å². The summed E-state index contributed by atoms with van der Waals surface area (Å²) in [6.45, 7) is 5.56. The van der Waals surface area contributed by atoms with Crippen molar-refractivity contribution < 1.29 is 19.4 Å². The molecule has 7 heteroatoms. The molecule has 0 spiro atoms. The SMILES string of the molecule is CSCCC(NC(=O)CN1CC(C)OC(C)C1)C(=O)O. The second-order valence-electron chi connectivity index (χ2n) is 5.19. The number of aliphatic carboxylic acids is 1. The molecule has 0 aromatic rings. The summed E-state index contributed by atoms with van der Waals surface area (Å²) < 4.78 is 5.60. The fourth-order valence-electron chi connectivity index (χ4n) is 2.35. The number of carbonyl (C=O) groups excluding carboxylic acids is 1. The quantitative estimate of drug-likeness (QED) is 0.709. The molecule has 1 heterocycles. The van der Waals surface area contributed by atoms with Crippen molar-refractivity contribution in [1.82, 2.24) is 10.2 Å². The monoisotopic (exact) mass is 304 g/mol. The zero-order valence-corrected chi connectivity index (χ0v) is 13.1. The van der Waals surface area contributed by atoms with E-state index in [1.807, 2.05) is 25.0 Å². The van der Waals surface area contributed by atoms with E-state index in [1.165, 1.54) is 0 Å². The normalized spacial score (nSPS) is 25.1. The zero-order valence-electron chi connectivity index (χ0n) is 12.3. The number of nitrogens with zero attached hydrogens (tertiary/aromatic N) is 1. The molecule has 0 aromatic carbocycles. The van der Waals surface area contributed by atoms with Gasteiger partial charge in [-0.2, -0.15) is 11.8 Å². The Balaban J connectivity index is 2.42. The fourth-order valence-corrected chi connectivity index (χ4v) is 2.82. The van der Waals surface area contributed by atoms with Gasteiger partial charge in [0.1, 0.15) is 6.04 Å². The van der Waals surface area contributed by atoms with Crippen LogP contribution in [0.5, 0.6) is 0 Å². The predicted octanol–water partition coefficient (Wildman–Crippen LogP) is 0.418. The summed E-state index contributed by atoms with van der Waals surface area (Å²) in [5.74, 6) is -0.501. The lowest BCUT2D eigenvalue weighted by Crippen LogP contribution is -2.51. The van der Waals surface area contributed by atoms with Crippen molar-refractivity contribution in [2.24, 2.45) is 0 Å². The highest BCUT2D eigenvalue weighted by Crippen LogP contribution is 2.10. The third-order valence-electron chi connectivity index (χ3n) is 3.11. The molecule has 20 heavy (non-hydrogen) atoms. The molecule has 0 aromatic heterocycles. The Morgan fingerprint density at radius 3 is 2.50 bits per heavy atom. The lowest BCUT2D eigenvalue weighted by molar-refractivity contribution is -0.142. The fraction of sp³-hybridized carbons (Fsp3) is 0.846. The summed E-state index contributed by atoms with van der Waals surface area (Å²) in [6, 6.07) is -0.800. The van der Waals surface area contributed by atoms with Crippen LogP contribution in [0, 0.1) is 0 Å². The molecule has 0 bridgehead atoms. The van der Waals surface area contributed by atoms with Gasteiger partial charge in [-0.1, -0.05) is 0 Å². The molecule has 1 fully saturated rings. The first kappa shape index (κ1) is 17.3. The van der Waals surface area contributed by atoms with Crippen LogP contribution < -0.4 is 5.32 Å². The molecule has 2 N–H and O–H groups in total. The Bertz CT molecular complexity index is 330. The Kier molecular flexibility index (Phi) is 7.32. The maximum absolute atomic E-state index is 11.9. The number of carboxylic acid groups (broad SMARTS) is 1. The number of ether oxygens (including phenoxy) is 1. The van der Waals surface area contributed by atoms with Crippen LogP contribution >= 0.6 is 11.8 Å². The van der Waals surface area contributed by atoms with Crippen LogP contribution in [0.4, 0.5) is 0 Å². The van der Waals surface area contributed by atoms with Gasteiger partial charge in [0, 0.05) is 13.1 Å². The second kappa shape index (κ2) is 8.49. The third-order valence-corrected chi connectivity index (χ3v) is 3.75. The van der Waals surface area contributed by atoms with E-state index in [-0.39, 0.29) is 24.7 Å². The largest absolute Gasteiger partial charge is 0.480 e. The Labute approximate surface area is 124 Å². The van der Waals surface area contributed by atoms with Gasteiger partial charge in [0.05, 0.1) is 18.8 Å². The highest BCUT2D eigenvalue weighted by atomic mass is 32.2. The Hall–Kier alpha value is -0.790. The van der Waals surface area contributed by atoms with Gasteiger partial charge >= 0.3 is 5.97 Å². The first-order chi connectivity index (χ1) is 9.42. The maximum Gasteiger partial charge on any atom is 0.326 e. The van der Waals surface area contributed by atoms with E-state index < -0.39 is 12.0 Å². The summed E-state index contributed by atoms with van der Waals surface area (Å²) in [7, 11) is 0. The minimum Gasteiger partial charge on any atom is -0.480 e.